The number of hydrogen-bond acceptors (Lipinski definition) is 6. The van der Waals surface area contributed by atoms with Gasteiger partial charge in [-0.1, -0.05) is 54.4 Å². The van der Waals surface area contributed by atoms with Gasteiger partial charge in [0.25, 0.3) is 0 Å². The van der Waals surface area contributed by atoms with E-state index in [-0.39, 0.29) is 6.61 Å². The van der Waals surface area contributed by atoms with Crippen LogP contribution in [0.2, 0.25) is 10.0 Å². The first-order valence-electron chi connectivity index (χ1n) is 11.3. The highest BCUT2D eigenvalue weighted by Gasteiger charge is 2.49. The van der Waals surface area contributed by atoms with Crippen LogP contribution in [-0.4, -0.2) is 55.6 Å². The number of hydrogen-bond donors (Lipinski definition) is 1. The largest absolute Gasteiger partial charge is 0.385 e. The van der Waals surface area contributed by atoms with Crippen molar-refractivity contribution in [1.29, 1.82) is 0 Å². The molecule has 3 rings (SSSR count). The minimum Gasteiger partial charge on any atom is -0.385 e. The van der Waals surface area contributed by atoms with Crippen molar-refractivity contribution in [3.8, 4) is 0 Å². The van der Waals surface area contributed by atoms with Crippen LogP contribution in [0, 0.1) is 0 Å². The molecule has 5 unspecified atom stereocenters. The lowest BCUT2D eigenvalue weighted by atomic mass is 10.1. The van der Waals surface area contributed by atoms with Crippen LogP contribution in [0.25, 0.3) is 0 Å². The van der Waals surface area contributed by atoms with Gasteiger partial charge in [-0.3, -0.25) is 0 Å². The SMILES string of the molecule is CCCOC1C(O)C(OCC)OC1C(COCc1ccc(Cl)cc1)OCc1ccc(Cl)cc1. The highest BCUT2D eigenvalue weighted by molar-refractivity contribution is 6.30. The van der Waals surface area contributed by atoms with Gasteiger partial charge in [-0.2, -0.15) is 0 Å². The summed E-state index contributed by atoms with van der Waals surface area (Å²) >= 11 is 12.0. The fourth-order valence-electron chi connectivity index (χ4n) is 3.61. The number of aliphatic hydroxyl groups is 1. The Morgan fingerprint density at radius 2 is 1.52 bits per heavy atom. The van der Waals surface area contributed by atoms with Crippen molar-refractivity contribution in [1.82, 2.24) is 0 Å². The quantitative estimate of drug-likeness (QED) is 0.418. The molecule has 8 heteroatoms. The third-order valence-electron chi connectivity index (χ3n) is 5.28. The van der Waals surface area contributed by atoms with Crippen LogP contribution in [0.5, 0.6) is 0 Å². The molecule has 1 saturated heterocycles. The van der Waals surface area contributed by atoms with E-state index < -0.39 is 30.7 Å². The van der Waals surface area contributed by atoms with Crippen molar-refractivity contribution >= 4 is 23.2 Å². The molecular weight excluding hydrogens is 467 g/mol. The normalized spacial score (nSPS) is 23.7. The molecule has 1 fully saturated rings. The lowest BCUT2D eigenvalue weighted by molar-refractivity contribution is -0.189. The molecule has 1 aliphatic heterocycles. The summed E-state index contributed by atoms with van der Waals surface area (Å²) in [6.07, 6.45) is -2.51. The lowest BCUT2D eigenvalue weighted by Gasteiger charge is -2.28. The zero-order chi connectivity index (χ0) is 23.6. The van der Waals surface area contributed by atoms with Crippen LogP contribution in [0.15, 0.2) is 48.5 Å². The molecule has 0 spiro atoms. The molecule has 182 valence electrons. The summed E-state index contributed by atoms with van der Waals surface area (Å²) in [7, 11) is 0. The van der Waals surface area contributed by atoms with Crippen LogP contribution in [0.1, 0.15) is 31.4 Å². The molecule has 1 N–H and O–H groups in total. The molecule has 1 heterocycles. The van der Waals surface area contributed by atoms with Gasteiger partial charge in [-0.05, 0) is 48.7 Å². The predicted octanol–water partition coefficient (Wildman–Crippen LogP) is 5.01. The van der Waals surface area contributed by atoms with Gasteiger partial charge in [0.05, 0.1) is 19.8 Å². The van der Waals surface area contributed by atoms with Crippen LogP contribution in [0.4, 0.5) is 0 Å². The van der Waals surface area contributed by atoms with Gasteiger partial charge in [0.1, 0.15) is 24.4 Å². The molecule has 0 aliphatic carbocycles. The molecule has 0 radical (unpaired) electrons. The number of rotatable bonds is 13. The second kappa shape index (κ2) is 13.6. The first kappa shape index (κ1) is 26.4. The van der Waals surface area contributed by atoms with Gasteiger partial charge in [-0.15, -0.1) is 0 Å². The van der Waals surface area contributed by atoms with Crippen LogP contribution in [0.3, 0.4) is 0 Å². The molecule has 5 atom stereocenters. The Hall–Kier alpha value is -1.22. The molecule has 0 amide bonds. The Morgan fingerprint density at radius 3 is 2.09 bits per heavy atom. The maximum Gasteiger partial charge on any atom is 0.186 e. The Balaban J connectivity index is 1.71. The number of aliphatic hydroxyl groups excluding tert-OH is 1. The number of halogens is 2. The van der Waals surface area contributed by atoms with E-state index >= 15 is 0 Å². The fourth-order valence-corrected chi connectivity index (χ4v) is 3.86. The van der Waals surface area contributed by atoms with Gasteiger partial charge in [0, 0.05) is 23.3 Å². The summed E-state index contributed by atoms with van der Waals surface area (Å²) in [5.74, 6) is 0. The average Bonchev–Trinajstić information content (AvgIpc) is 3.12. The summed E-state index contributed by atoms with van der Waals surface area (Å²) in [6, 6.07) is 14.9. The smallest absolute Gasteiger partial charge is 0.186 e. The third-order valence-corrected chi connectivity index (χ3v) is 5.79. The Morgan fingerprint density at radius 1 is 0.909 bits per heavy atom. The molecule has 2 aromatic rings. The topological polar surface area (TPSA) is 66.4 Å². The van der Waals surface area contributed by atoms with Gasteiger partial charge >= 0.3 is 0 Å². The second-order valence-corrected chi connectivity index (χ2v) is 8.74. The van der Waals surface area contributed by atoms with Crippen molar-refractivity contribution in [3.05, 3.63) is 69.7 Å². The molecule has 33 heavy (non-hydrogen) atoms. The molecular formula is C25H32Cl2O6. The minimum absolute atomic E-state index is 0.248. The zero-order valence-electron chi connectivity index (χ0n) is 19.0. The van der Waals surface area contributed by atoms with Crippen LogP contribution in [-0.2, 0) is 36.9 Å². The molecule has 0 aromatic heterocycles. The van der Waals surface area contributed by atoms with Crippen LogP contribution < -0.4 is 0 Å². The Bertz CT molecular complexity index is 817. The zero-order valence-corrected chi connectivity index (χ0v) is 20.5. The van der Waals surface area contributed by atoms with E-state index in [9.17, 15) is 5.11 Å². The van der Waals surface area contributed by atoms with Crippen molar-refractivity contribution in [2.24, 2.45) is 0 Å². The second-order valence-electron chi connectivity index (χ2n) is 7.87. The summed E-state index contributed by atoms with van der Waals surface area (Å²) in [4.78, 5) is 0. The van der Waals surface area contributed by atoms with Gasteiger partial charge < -0.3 is 28.8 Å². The van der Waals surface area contributed by atoms with Gasteiger partial charge in [0.2, 0.25) is 0 Å². The van der Waals surface area contributed by atoms with Crippen LogP contribution >= 0.6 is 23.2 Å². The van der Waals surface area contributed by atoms with E-state index in [0.717, 1.165) is 17.5 Å². The molecule has 1 aliphatic rings. The highest BCUT2D eigenvalue weighted by atomic mass is 35.5. The lowest BCUT2D eigenvalue weighted by Crippen LogP contribution is -2.44. The predicted molar refractivity (Wildman–Crippen MR) is 127 cm³/mol. The highest BCUT2D eigenvalue weighted by Crippen LogP contribution is 2.29. The average molecular weight is 499 g/mol. The first-order valence-corrected chi connectivity index (χ1v) is 12.0. The van der Waals surface area contributed by atoms with E-state index in [1.54, 1.807) is 0 Å². The fraction of sp³-hybridized carbons (Fsp3) is 0.520. The van der Waals surface area contributed by atoms with Crippen molar-refractivity contribution in [2.75, 3.05) is 19.8 Å². The summed E-state index contributed by atoms with van der Waals surface area (Å²) < 4.78 is 29.8. The van der Waals surface area contributed by atoms with E-state index in [4.69, 9.17) is 46.9 Å². The molecule has 0 bridgehead atoms. The number of ether oxygens (including phenoxy) is 5. The molecule has 6 nitrogen and oxygen atoms in total. The van der Waals surface area contributed by atoms with Crippen molar-refractivity contribution in [2.45, 2.75) is 64.2 Å². The number of benzene rings is 2. The maximum atomic E-state index is 10.8. The molecule has 0 saturated carbocycles. The summed E-state index contributed by atoms with van der Waals surface area (Å²) in [5, 5.41) is 12.1. The Labute approximate surface area is 205 Å². The van der Waals surface area contributed by atoms with Crippen molar-refractivity contribution < 1.29 is 28.8 Å². The summed E-state index contributed by atoms with van der Waals surface area (Å²) in [5.41, 5.74) is 1.96. The van der Waals surface area contributed by atoms with E-state index in [0.29, 0.717) is 36.5 Å². The maximum absolute atomic E-state index is 10.8. The van der Waals surface area contributed by atoms with E-state index in [1.807, 2.05) is 62.4 Å². The van der Waals surface area contributed by atoms with Gasteiger partial charge in [-0.25, -0.2) is 0 Å². The monoisotopic (exact) mass is 498 g/mol. The Kier molecular flexibility index (Phi) is 10.9. The standard InChI is InChI=1S/C25H32Cl2O6/c1-3-13-31-24-22(28)25(30-4-2)33-23(24)21(32-15-18-7-11-20(27)12-8-18)16-29-14-17-5-9-19(26)10-6-17/h5-12,21-25,28H,3-4,13-16H2,1-2H3. The van der Waals surface area contributed by atoms with E-state index in [1.165, 1.54) is 0 Å². The van der Waals surface area contributed by atoms with E-state index in [2.05, 4.69) is 0 Å². The van der Waals surface area contributed by atoms with Gasteiger partial charge in [0.15, 0.2) is 6.29 Å². The third kappa shape index (κ3) is 7.91. The molecule has 2 aromatic carbocycles. The first-order chi connectivity index (χ1) is 16.0. The van der Waals surface area contributed by atoms with Crippen molar-refractivity contribution in [3.63, 3.8) is 0 Å². The summed E-state index contributed by atoms with van der Waals surface area (Å²) in [6.45, 7) is 5.76. The minimum atomic E-state index is -0.917.